The van der Waals surface area contributed by atoms with Gasteiger partial charge >= 0.3 is 0 Å². The lowest BCUT2D eigenvalue weighted by molar-refractivity contribution is 0.711. The first-order valence-corrected chi connectivity index (χ1v) is 7.22. The molecule has 100 valence electrons. The number of anilines is 2. The van der Waals surface area contributed by atoms with E-state index >= 15 is 0 Å². The van der Waals surface area contributed by atoms with Gasteiger partial charge in [0, 0.05) is 25.1 Å². The fourth-order valence-electron chi connectivity index (χ4n) is 2.85. The van der Waals surface area contributed by atoms with Gasteiger partial charge < -0.3 is 10.6 Å². The molecular weight excluding hydrogens is 236 g/mol. The van der Waals surface area contributed by atoms with E-state index in [9.17, 15) is 0 Å². The molecule has 1 aromatic rings. The molecule has 1 saturated carbocycles. The van der Waals surface area contributed by atoms with E-state index in [4.69, 9.17) is 5.73 Å². The smallest absolute Gasteiger partial charge is 0.208 e. The van der Waals surface area contributed by atoms with E-state index in [1.165, 1.54) is 38.5 Å². The number of aromatic nitrogens is 2. The lowest BCUT2D eigenvalue weighted by Crippen LogP contribution is -2.20. The molecule has 2 fully saturated rings. The maximum absolute atomic E-state index is 5.87. The predicted molar refractivity (Wildman–Crippen MR) is 76.7 cm³/mol. The van der Waals surface area contributed by atoms with Gasteiger partial charge in [-0.3, -0.25) is 0 Å². The van der Waals surface area contributed by atoms with Crippen LogP contribution in [-0.2, 0) is 0 Å². The van der Waals surface area contributed by atoms with E-state index in [-0.39, 0.29) is 0 Å². The van der Waals surface area contributed by atoms with Crippen molar-refractivity contribution in [2.75, 3.05) is 23.7 Å². The van der Waals surface area contributed by atoms with Crippen molar-refractivity contribution < 1.29 is 0 Å². The number of hydrogen-bond acceptors (Lipinski definition) is 4. The maximum atomic E-state index is 5.87. The minimum Gasteiger partial charge on any atom is -0.383 e. The number of nitrogens with zero attached hydrogens (tertiary/aromatic N) is 3. The van der Waals surface area contributed by atoms with Crippen molar-refractivity contribution in [1.29, 1.82) is 0 Å². The second-order valence-electron chi connectivity index (χ2n) is 5.42. The highest BCUT2D eigenvalue weighted by atomic mass is 15.2. The van der Waals surface area contributed by atoms with Crippen molar-refractivity contribution in [3.05, 3.63) is 11.9 Å². The van der Waals surface area contributed by atoms with Crippen LogP contribution in [0.25, 0.3) is 0 Å². The third-order valence-corrected chi connectivity index (χ3v) is 3.91. The summed E-state index contributed by atoms with van der Waals surface area (Å²) in [6, 6.07) is 1.85. The first-order chi connectivity index (χ1) is 9.31. The topological polar surface area (TPSA) is 55.0 Å². The first-order valence-electron chi connectivity index (χ1n) is 7.22. The molecule has 0 spiro atoms. The summed E-state index contributed by atoms with van der Waals surface area (Å²) >= 11 is 0. The molecule has 1 aromatic heterocycles. The summed E-state index contributed by atoms with van der Waals surface area (Å²) in [5.74, 6) is 8.96. The van der Waals surface area contributed by atoms with Gasteiger partial charge in [0.1, 0.15) is 11.6 Å². The summed E-state index contributed by atoms with van der Waals surface area (Å²) in [5.41, 5.74) is 5.87. The monoisotopic (exact) mass is 256 g/mol. The molecule has 19 heavy (non-hydrogen) atoms. The SMILES string of the molecule is Nc1cc(N2CCCC2)nc(C#CC2CCCC2)n1. The Hall–Kier alpha value is -1.76. The Labute approximate surface area is 114 Å². The molecule has 2 aliphatic rings. The molecule has 0 unspecified atom stereocenters. The fraction of sp³-hybridized carbons (Fsp3) is 0.600. The molecule has 1 aliphatic carbocycles. The van der Waals surface area contributed by atoms with Crippen molar-refractivity contribution in [2.24, 2.45) is 5.92 Å². The molecule has 1 saturated heterocycles. The summed E-state index contributed by atoms with van der Waals surface area (Å²) in [6.45, 7) is 2.12. The lowest BCUT2D eigenvalue weighted by Gasteiger charge is -2.16. The Morgan fingerprint density at radius 2 is 1.84 bits per heavy atom. The van der Waals surface area contributed by atoms with E-state index in [0.717, 1.165) is 18.9 Å². The molecular formula is C15H20N4. The summed E-state index contributed by atoms with van der Waals surface area (Å²) in [4.78, 5) is 11.0. The van der Waals surface area contributed by atoms with Gasteiger partial charge in [0.15, 0.2) is 0 Å². The molecule has 2 N–H and O–H groups in total. The number of nitrogens with two attached hydrogens (primary N) is 1. The average molecular weight is 256 g/mol. The highest BCUT2D eigenvalue weighted by Gasteiger charge is 2.15. The molecule has 2 heterocycles. The Kier molecular flexibility index (Phi) is 3.54. The fourth-order valence-corrected chi connectivity index (χ4v) is 2.85. The quantitative estimate of drug-likeness (QED) is 0.783. The van der Waals surface area contributed by atoms with E-state index in [2.05, 4.69) is 26.7 Å². The Balaban J connectivity index is 1.80. The Morgan fingerprint density at radius 1 is 1.11 bits per heavy atom. The van der Waals surface area contributed by atoms with Crippen LogP contribution >= 0.6 is 0 Å². The third-order valence-electron chi connectivity index (χ3n) is 3.91. The first kappa shape index (κ1) is 12.3. The van der Waals surface area contributed by atoms with Crippen LogP contribution in [-0.4, -0.2) is 23.1 Å². The van der Waals surface area contributed by atoms with Crippen LogP contribution in [0.1, 0.15) is 44.3 Å². The van der Waals surface area contributed by atoms with Crippen LogP contribution in [0.2, 0.25) is 0 Å². The second kappa shape index (κ2) is 5.48. The number of hydrogen-bond donors (Lipinski definition) is 1. The van der Waals surface area contributed by atoms with Gasteiger partial charge in [-0.1, -0.05) is 18.8 Å². The summed E-state index contributed by atoms with van der Waals surface area (Å²) in [5, 5.41) is 0. The molecule has 0 radical (unpaired) electrons. The zero-order chi connectivity index (χ0) is 13.1. The molecule has 1 aliphatic heterocycles. The number of rotatable bonds is 1. The van der Waals surface area contributed by atoms with E-state index in [1.54, 1.807) is 0 Å². The van der Waals surface area contributed by atoms with Gasteiger partial charge in [-0.05, 0) is 31.6 Å². The largest absolute Gasteiger partial charge is 0.383 e. The predicted octanol–water partition coefficient (Wildman–Crippen LogP) is 2.20. The summed E-state index contributed by atoms with van der Waals surface area (Å²) in [7, 11) is 0. The van der Waals surface area contributed by atoms with Crippen LogP contribution in [0, 0.1) is 17.8 Å². The molecule has 4 nitrogen and oxygen atoms in total. The normalized spacial score (nSPS) is 19.5. The van der Waals surface area contributed by atoms with Gasteiger partial charge in [-0.25, -0.2) is 9.97 Å². The van der Waals surface area contributed by atoms with Gasteiger partial charge in [0.2, 0.25) is 5.82 Å². The second-order valence-corrected chi connectivity index (χ2v) is 5.42. The van der Waals surface area contributed by atoms with Crippen molar-refractivity contribution in [1.82, 2.24) is 9.97 Å². The minimum atomic E-state index is 0.521. The van der Waals surface area contributed by atoms with Gasteiger partial charge in [0.25, 0.3) is 0 Å². The van der Waals surface area contributed by atoms with Gasteiger partial charge in [-0.15, -0.1) is 0 Å². The van der Waals surface area contributed by atoms with E-state index < -0.39 is 0 Å². The minimum absolute atomic E-state index is 0.521. The standard InChI is InChI=1S/C15H20N4/c16-13-11-15(19-9-3-4-10-19)18-14(17-13)8-7-12-5-1-2-6-12/h11-12H,1-6,9-10H2,(H2,16,17,18). The maximum Gasteiger partial charge on any atom is 0.208 e. The molecule has 3 rings (SSSR count). The third kappa shape index (κ3) is 2.98. The van der Waals surface area contributed by atoms with Crippen molar-refractivity contribution >= 4 is 11.6 Å². The molecule has 0 bridgehead atoms. The van der Waals surface area contributed by atoms with Crippen LogP contribution in [0.4, 0.5) is 11.6 Å². The zero-order valence-corrected chi connectivity index (χ0v) is 11.2. The van der Waals surface area contributed by atoms with Crippen molar-refractivity contribution in [3.63, 3.8) is 0 Å². The van der Waals surface area contributed by atoms with Crippen LogP contribution < -0.4 is 10.6 Å². The highest BCUT2D eigenvalue weighted by Crippen LogP contribution is 2.24. The van der Waals surface area contributed by atoms with Crippen molar-refractivity contribution in [3.8, 4) is 11.8 Å². The molecule has 0 amide bonds. The van der Waals surface area contributed by atoms with E-state index in [0.29, 0.717) is 17.6 Å². The highest BCUT2D eigenvalue weighted by molar-refractivity contribution is 5.49. The molecule has 0 atom stereocenters. The van der Waals surface area contributed by atoms with Crippen LogP contribution in [0.15, 0.2) is 6.07 Å². The lowest BCUT2D eigenvalue weighted by atomic mass is 10.1. The Morgan fingerprint density at radius 3 is 2.58 bits per heavy atom. The summed E-state index contributed by atoms with van der Waals surface area (Å²) < 4.78 is 0. The van der Waals surface area contributed by atoms with E-state index in [1.807, 2.05) is 6.07 Å². The molecule has 4 heteroatoms. The Bertz CT molecular complexity index is 503. The van der Waals surface area contributed by atoms with Crippen LogP contribution in [0.5, 0.6) is 0 Å². The van der Waals surface area contributed by atoms with Crippen molar-refractivity contribution in [2.45, 2.75) is 38.5 Å². The van der Waals surface area contributed by atoms with Crippen LogP contribution in [0.3, 0.4) is 0 Å². The number of nitrogen functional groups attached to an aromatic ring is 1. The molecule has 0 aromatic carbocycles. The van der Waals surface area contributed by atoms with Gasteiger partial charge in [-0.2, -0.15) is 0 Å². The zero-order valence-electron chi connectivity index (χ0n) is 11.2. The summed E-state index contributed by atoms with van der Waals surface area (Å²) in [6.07, 6.45) is 7.49. The van der Waals surface area contributed by atoms with Gasteiger partial charge in [0.05, 0.1) is 0 Å². The average Bonchev–Trinajstić information content (AvgIpc) is 3.09.